The summed E-state index contributed by atoms with van der Waals surface area (Å²) < 4.78 is 0.949. The quantitative estimate of drug-likeness (QED) is 0.416. The number of carbonyl (C=O) groups excluding carboxylic acids is 1. The van der Waals surface area contributed by atoms with E-state index in [0.29, 0.717) is 18.1 Å². The molecule has 0 saturated heterocycles. The van der Waals surface area contributed by atoms with E-state index >= 15 is 0 Å². The minimum atomic E-state index is 0.0203. The number of carbonyl (C=O) groups is 1. The van der Waals surface area contributed by atoms with Gasteiger partial charge in [-0.1, -0.05) is 29.5 Å². The summed E-state index contributed by atoms with van der Waals surface area (Å²) in [4.78, 5) is 11.7. The molecule has 0 bridgehead atoms. The van der Waals surface area contributed by atoms with Crippen LogP contribution in [0.5, 0.6) is 0 Å². The fourth-order valence-electron chi connectivity index (χ4n) is 1.58. The molecule has 0 unspecified atom stereocenters. The Labute approximate surface area is 121 Å². The van der Waals surface area contributed by atoms with Crippen LogP contribution in [0.3, 0.4) is 0 Å². The van der Waals surface area contributed by atoms with Gasteiger partial charge in [0, 0.05) is 12.2 Å². The van der Waals surface area contributed by atoms with E-state index < -0.39 is 0 Å². The molecule has 19 heavy (non-hydrogen) atoms. The molecule has 7 heteroatoms. The molecule has 5 nitrogen and oxygen atoms in total. The van der Waals surface area contributed by atoms with Crippen LogP contribution in [0.25, 0.3) is 0 Å². The van der Waals surface area contributed by atoms with Gasteiger partial charge in [-0.3, -0.25) is 4.79 Å². The van der Waals surface area contributed by atoms with E-state index in [4.69, 9.17) is 5.73 Å². The van der Waals surface area contributed by atoms with Crippen molar-refractivity contribution >= 4 is 34.1 Å². The Morgan fingerprint density at radius 2 is 2.21 bits per heavy atom. The molecule has 0 atom stereocenters. The third-order valence-electron chi connectivity index (χ3n) is 2.90. The van der Waals surface area contributed by atoms with Crippen LogP contribution in [0.2, 0.25) is 0 Å². The molecule has 1 aromatic rings. The molecular formula is C12H20N4OS2. The van der Waals surface area contributed by atoms with Crippen molar-refractivity contribution in [2.24, 2.45) is 11.7 Å². The molecule has 1 heterocycles. The van der Waals surface area contributed by atoms with Gasteiger partial charge >= 0.3 is 0 Å². The first-order valence-corrected chi connectivity index (χ1v) is 8.54. The number of hydrogen-bond acceptors (Lipinski definition) is 6. The summed E-state index contributed by atoms with van der Waals surface area (Å²) >= 11 is 3.21. The molecular weight excluding hydrogens is 280 g/mol. The Hall–Kier alpha value is -0.660. The fourth-order valence-corrected chi connectivity index (χ4v) is 3.56. The van der Waals surface area contributed by atoms with Gasteiger partial charge in [0.25, 0.3) is 0 Å². The van der Waals surface area contributed by atoms with Gasteiger partial charge in [0.1, 0.15) is 0 Å². The number of amides is 1. The topological polar surface area (TPSA) is 80.9 Å². The standard InChI is InChI=1S/C12H20N4OS2/c13-7-3-1-2-4-10(17)14-11-15-16-12(19-11)18-8-9-5-6-9/h9H,1-8,13H2,(H,14,15,17). The van der Waals surface area contributed by atoms with Gasteiger partial charge in [0.05, 0.1) is 0 Å². The minimum Gasteiger partial charge on any atom is -0.330 e. The summed E-state index contributed by atoms with van der Waals surface area (Å²) in [5.74, 6) is 2.02. The van der Waals surface area contributed by atoms with Crippen LogP contribution in [-0.4, -0.2) is 28.4 Å². The number of rotatable bonds is 9. The first kappa shape index (κ1) is 14.7. The first-order chi connectivity index (χ1) is 9.28. The molecule has 1 saturated carbocycles. The predicted octanol–water partition coefficient (Wildman–Crippen LogP) is 2.50. The van der Waals surface area contributed by atoms with Gasteiger partial charge in [-0.25, -0.2) is 0 Å². The highest BCUT2D eigenvalue weighted by atomic mass is 32.2. The SMILES string of the molecule is NCCCCCC(=O)Nc1nnc(SCC2CC2)s1. The Balaban J connectivity index is 1.64. The van der Waals surface area contributed by atoms with Crippen LogP contribution in [0.1, 0.15) is 38.5 Å². The van der Waals surface area contributed by atoms with Crippen molar-refractivity contribution in [1.82, 2.24) is 10.2 Å². The predicted molar refractivity (Wildman–Crippen MR) is 79.5 cm³/mol. The highest BCUT2D eigenvalue weighted by Gasteiger charge is 2.22. The summed E-state index contributed by atoms with van der Waals surface area (Å²) in [6.07, 6.45) is 6.09. The Kier molecular flexibility index (Phi) is 6.06. The molecule has 0 aromatic carbocycles. The Bertz CT molecular complexity index is 406. The normalized spacial score (nSPS) is 14.6. The van der Waals surface area contributed by atoms with E-state index in [2.05, 4.69) is 15.5 Å². The van der Waals surface area contributed by atoms with Gasteiger partial charge in [-0.15, -0.1) is 10.2 Å². The van der Waals surface area contributed by atoms with Crippen LogP contribution < -0.4 is 11.1 Å². The number of anilines is 1. The van der Waals surface area contributed by atoms with Crippen molar-refractivity contribution in [3.8, 4) is 0 Å². The van der Waals surface area contributed by atoms with Crippen molar-refractivity contribution in [3.63, 3.8) is 0 Å². The lowest BCUT2D eigenvalue weighted by atomic mass is 10.2. The van der Waals surface area contributed by atoms with Gasteiger partial charge in [0.2, 0.25) is 11.0 Å². The van der Waals surface area contributed by atoms with Crippen molar-refractivity contribution < 1.29 is 4.79 Å². The molecule has 1 amide bonds. The van der Waals surface area contributed by atoms with E-state index in [0.717, 1.165) is 35.3 Å². The maximum absolute atomic E-state index is 11.7. The second-order valence-electron chi connectivity index (χ2n) is 4.78. The maximum Gasteiger partial charge on any atom is 0.226 e. The van der Waals surface area contributed by atoms with Crippen molar-refractivity contribution in [2.75, 3.05) is 17.6 Å². The summed E-state index contributed by atoms with van der Waals surface area (Å²) in [5, 5.41) is 11.5. The summed E-state index contributed by atoms with van der Waals surface area (Å²) in [6.45, 7) is 0.694. The lowest BCUT2D eigenvalue weighted by molar-refractivity contribution is -0.116. The lowest BCUT2D eigenvalue weighted by Crippen LogP contribution is -2.11. The lowest BCUT2D eigenvalue weighted by Gasteiger charge is -2.00. The largest absolute Gasteiger partial charge is 0.330 e. The third-order valence-corrected chi connectivity index (χ3v) is 5.10. The van der Waals surface area contributed by atoms with Gasteiger partial charge in [-0.05, 0) is 38.1 Å². The van der Waals surface area contributed by atoms with Crippen LogP contribution in [0.4, 0.5) is 5.13 Å². The fraction of sp³-hybridized carbons (Fsp3) is 0.750. The molecule has 1 aliphatic carbocycles. The van der Waals surface area contributed by atoms with E-state index in [1.807, 2.05) is 0 Å². The van der Waals surface area contributed by atoms with Gasteiger partial charge < -0.3 is 11.1 Å². The monoisotopic (exact) mass is 300 g/mol. The summed E-state index contributed by atoms with van der Waals surface area (Å²) in [7, 11) is 0. The zero-order valence-electron chi connectivity index (χ0n) is 10.9. The highest BCUT2D eigenvalue weighted by Crippen LogP contribution is 2.36. The number of unbranched alkanes of at least 4 members (excludes halogenated alkanes) is 2. The van der Waals surface area contributed by atoms with Gasteiger partial charge in [-0.2, -0.15) is 0 Å². The Morgan fingerprint density at radius 3 is 2.95 bits per heavy atom. The number of aromatic nitrogens is 2. The highest BCUT2D eigenvalue weighted by molar-refractivity contribution is 8.01. The molecule has 1 aromatic heterocycles. The van der Waals surface area contributed by atoms with E-state index in [1.165, 1.54) is 24.2 Å². The van der Waals surface area contributed by atoms with E-state index in [-0.39, 0.29) is 5.91 Å². The van der Waals surface area contributed by atoms with Crippen molar-refractivity contribution in [3.05, 3.63) is 0 Å². The number of thioether (sulfide) groups is 1. The molecule has 2 rings (SSSR count). The maximum atomic E-state index is 11.7. The zero-order chi connectivity index (χ0) is 13.5. The third kappa shape index (κ3) is 5.88. The van der Waals surface area contributed by atoms with Crippen LogP contribution in [0.15, 0.2) is 4.34 Å². The molecule has 0 aliphatic heterocycles. The number of hydrogen-bond donors (Lipinski definition) is 2. The van der Waals surface area contributed by atoms with Crippen LogP contribution in [-0.2, 0) is 4.79 Å². The molecule has 0 radical (unpaired) electrons. The van der Waals surface area contributed by atoms with Gasteiger partial charge in [0.15, 0.2) is 4.34 Å². The summed E-state index contributed by atoms with van der Waals surface area (Å²) in [6, 6.07) is 0. The smallest absolute Gasteiger partial charge is 0.226 e. The molecule has 3 N–H and O–H groups in total. The number of nitrogens with two attached hydrogens (primary N) is 1. The second kappa shape index (κ2) is 7.81. The molecule has 1 aliphatic rings. The average molecular weight is 300 g/mol. The zero-order valence-corrected chi connectivity index (χ0v) is 12.6. The molecule has 106 valence electrons. The van der Waals surface area contributed by atoms with Crippen LogP contribution >= 0.6 is 23.1 Å². The Morgan fingerprint density at radius 1 is 1.37 bits per heavy atom. The molecule has 1 fully saturated rings. The molecule has 0 spiro atoms. The first-order valence-electron chi connectivity index (χ1n) is 6.74. The summed E-state index contributed by atoms with van der Waals surface area (Å²) in [5.41, 5.74) is 5.41. The van der Waals surface area contributed by atoms with E-state index in [9.17, 15) is 4.79 Å². The van der Waals surface area contributed by atoms with Crippen LogP contribution in [0, 0.1) is 5.92 Å². The minimum absolute atomic E-state index is 0.0203. The van der Waals surface area contributed by atoms with E-state index in [1.54, 1.807) is 11.8 Å². The van der Waals surface area contributed by atoms with Crippen molar-refractivity contribution in [2.45, 2.75) is 42.9 Å². The van der Waals surface area contributed by atoms with Crippen molar-refractivity contribution in [1.29, 1.82) is 0 Å². The average Bonchev–Trinajstić information content (AvgIpc) is 3.13. The number of nitrogens with zero attached hydrogens (tertiary/aromatic N) is 2. The number of nitrogens with one attached hydrogen (secondary N) is 1. The second-order valence-corrected chi connectivity index (χ2v) is 7.02.